The SMILES string of the molecule is O=[N+]([O-])c1cc(/C=N\Nc2nc(NCc3ccccc3)nc(N3CCOCC3)n2)c(O)c([N+](=O)[O-])c1. The molecule has 3 aromatic rings. The van der Waals surface area contributed by atoms with Crippen LogP contribution in [0.15, 0.2) is 47.6 Å². The Morgan fingerprint density at radius 1 is 1.06 bits per heavy atom. The van der Waals surface area contributed by atoms with Crippen LogP contribution in [0.25, 0.3) is 0 Å². The van der Waals surface area contributed by atoms with E-state index in [1.165, 1.54) is 0 Å². The Hall–Kier alpha value is -4.92. The highest BCUT2D eigenvalue weighted by molar-refractivity contribution is 5.87. The second kappa shape index (κ2) is 11.0. The lowest BCUT2D eigenvalue weighted by Gasteiger charge is -2.27. The molecule has 1 aliphatic rings. The van der Waals surface area contributed by atoms with Crippen LogP contribution in [-0.2, 0) is 11.3 Å². The molecule has 15 nitrogen and oxygen atoms in total. The number of phenols is 1. The number of hydrogen-bond donors (Lipinski definition) is 3. The fourth-order valence-electron chi connectivity index (χ4n) is 3.30. The van der Waals surface area contributed by atoms with Gasteiger partial charge in [-0.15, -0.1) is 0 Å². The number of aromatic hydroxyl groups is 1. The van der Waals surface area contributed by atoms with Crippen molar-refractivity contribution < 1.29 is 19.7 Å². The minimum absolute atomic E-state index is 0.0534. The molecule has 0 atom stereocenters. The number of nitro benzene ring substituents is 2. The lowest BCUT2D eigenvalue weighted by atomic mass is 10.1. The summed E-state index contributed by atoms with van der Waals surface area (Å²) in [6, 6.07) is 11.3. The highest BCUT2D eigenvalue weighted by Gasteiger charge is 2.23. The number of nitrogens with one attached hydrogen (secondary N) is 2. The van der Waals surface area contributed by atoms with E-state index < -0.39 is 27.0 Å². The number of anilines is 3. The third-order valence-corrected chi connectivity index (χ3v) is 5.09. The van der Waals surface area contributed by atoms with E-state index in [1.807, 2.05) is 35.2 Å². The molecule has 1 aliphatic heterocycles. The smallest absolute Gasteiger partial charge is 0.318 e. The van der Waals surface area contributed by atoms with Crippen molar-refractivity contribution in [1.82, 2.24) is 15.0 Å². The zero-order chi connectivity index (χ0) is 25.5. The Bertz CT molecular complexity index is 1280. The quantitative estimate of drug-likeness (QED) is 0.223. The van der Waals surface area contributed by atoms with E-state index in [2.05, 4.69) is 30.8 Å². The number of ether oxygens (including phenoxy) is 1. The number of morpholine rings is 1. The zero-order valence-corrected chi connectivity index (χ0v) is 18.8. The summed E-state index contributed by atoms with van der Waals surface area (Å²) in [5.74, 6) is -0.0407. The molecule has 0 spiro atoms. The minimum atomic E-state index is -0.918. The Labute approximate surface area is 203 Å². The Morgan fingerprint density at radius 3 is 2.47 bits per heavy atom. The van der Waals surface area contributed by atoms with E-state index in [0.29, 0.717) is 44.9 Å². The van der Waals surface area contributed by atoms with Gasteiger partial charge in [0, 0.05) is 25.7 Å². The summed E-state index contributed by atoms with van der Waals surface area (Å²) in [4.78, 5) is 35.6. The molecule has 1 saturated heterocycles. The maximum absolute atomic E-state index is 11.1. The topological polar surface area (TPSA) is 194 Å². The number of rotatable bonds is 9. The largest absolute Gasteiger partial charge is 0.502 e. The van der Waals surface area contributed by atoms with Gasteiger partial charge in [0.2, 0.25) is 23.6 Å². The molecule has 0 radical (unpaired) electrons. The maximum atomic E-state index is 11.1. The van der Waals surface area contributed by atoms with E-state index >= 15 is 0 Å². The molecular formula is C21H21N9O6. The fraction of sp³-hybridized carbons (Fsp3) is 0.238. The van der Waals surface area contributed by atoms with Gasteiger partial charge < -0.3 is 20.1 Å². The van der Waals surface area contributed by atoms with Gasteiger partial charge in [-0.25, -0.2) is 5.43 Å². The first-order chi connectivity index (χ1) is 17.4. The summed E-state index contributed by atoms with van der Waals surface area (Å²) in [5, 5.41) is 39.5. The Balaban J connectivity index is 1.58. The number of hydrogen-bond acceptors (Lipinski definition) is 13. The fourth-order valence-corrected chi connectivity index (χ4v) is 3.30. The first-order valence-corrected chi connectivity index (χ1v) is 10.7. The van der Waals surface area contributed by atoms with Crippen molar-refractivity contribution in [2.45, 2.75) is 6.54 Å². The molecule has 4 rings (SSSR count). The molecule has 2 heterocycles. The molecule has 1 fully saturated rings. The first kappa shape index (κ1) is 24.2. The van der Waals surface area contributed by atoms with E-state index in [-0.39, 0.29) is 17.5 Å². The van der Waals surface area contributed by atoms with Gasteiger partial charge in [0.25, 0.3) is 5.69 Å². The van der Waals surface area contributed by atoms with Crippen molar-refractivity contribution >= 4 is 35.4 Å². The van der Waals surface area contributed by atoms with Gasteiger partial charge in [-0.1, -0.05) is 30.3 Å². The third-order valence-electron chi connectivity index (χ3n) is 5.09. The number of hydrazone groups is 1. The van der Waals surface area contributed by atoms with Crippen molar-refractivity contribution in [2.24, 2.45) is 5.10 Å². The van der Waals surface area contributed by atoms with Crippen LogP contribution in [0.4, 0.5) is 29.2 Å². The molecule has 3 N–H and O–H groups in total. The Morgan fingerprint density at radius 2 is 1.78 bits per heavy atom. The standard InChI is InChI=1S/C21H21N9O6/c31-18-15(10-16(29(32)33)11-17(18)30(34)35)13-23-27-20-24-19(22-12-14-4-2-1-3-5-14)25-21(26-20)28-6-8-36-9-7-28/h1-5,10-11,13,31H,6-9,12H2,(H2,22,24,25,26,27)/b23-13-. The van der Waals surface area contributed by atoms with Gasteiger partial charge in [-0.2, -0.15) is 20.1 Å². The predicted molar refractivity (Wildman–Crippen MR) is 129 cm³/mol. The van der Waals surface area contributed by atoms with E-state index in [1.54, 1.807) is 0 Å². The van der Waals surface area contributed by atoms with E-state index in [0.717, 1.165) is 17.8 Å². The molecule has 0 saturated carbocycles. The molecule has 36 heavy (non-hydrogen) atoms. The highest BCUT2D eigenvalue weighted by atomic mass is 16.6. The first-order valence-electron chi connectivity index (χ1n) is 10.7. The van der Waals surface area contributed by atoms with Crippen LogP contribution in [0.5, 0.6) is 5.75 Å². The second-order valence-electron chi connectivity index (χ2n) is 7.51. The molecule has 186 valence electrons. The van der Waals surface area contributed by atoms with Crippen LogP contribution in [0.2, 0.25) is 0 Å². The van der Waals surface area contributed by atoms with Crippen LogP contribution in [0, 0.1) is 20.2 Å². The van der Waals surface area contributed by atoms with Crippen LogP contribution in [0.1, 0.15) is 11.1 Å². The molecular weight excluding hydrogens is 474 g/mol. The zero-order valence-electron chi connectivity index (χ0n) is 18.8. The summed E-state index contributed by atoms with van der Waals surface area (Å²) in [6.07, 6.45) is 1.00. The molecule has 0 unspecified atom stereocenters. The number of aromatic nitrogens is 3. The van der Waals surface area contributed by atoms with Crippen LogP contribution >= 0.6 is 0 Å². The maximum Gasteiger partial charge on any atom is 0.318 e. The number of non-ortho nitro benzene ring substituents is 1. The van der Waals surface area contributed by atoms with Crippen molar-refractivity contribution in [3.05, 3.63) is 73.8 Å². The highest BCUT2D eigenvalue weighted by Crippen LogP contribution is 2.33. The van der Waals surface area contributed by atoms with Crippen molar-refractivity contribution in [1.29, 1.82) is 0 Å². The summed E-state index contributed by atoms with van der Waals surface area (Å²) in [5.41, 5.74) is 2.00. The van der Waals surface area contributed by atoms with Gasteiger partial charge in [-0.05, 0) is 5.56 Å². The second-order valence-corrected chi connectivity index (χ2v) is 7.51. The van der Waals surface area contributed by atoms with Crippen LogP contribution in [0.3, 0.4) is 0 Å². The predicted octanol–water partition coefficient (Wildman–Crippen LogP) is 2.29. The molecule has 2 aromatic carbocycles. The molecule has 1 aromatic heterocycles. The Kier molecular flexibility index (Phi) is 7.40. The van der Waals surface area contributed by atoms with Gasteiger partial charge >= 0.3 is 5.69 Å². The lowest BCUT2D eigenvalue weighted by molar-refractivity contribution is -0.394. The molecule has 0 amide bonds. The lowest BCUT2D eigenvalue weighted by Crippen LogP contribution is -2.37. The summed E-state index contributed by atoms with van der Waals surface area (Å²) in [7, 11) is 0. The molecule has 0 bridgehead atoms. The number of benzene rings is 2. The normalized spacial score (nSPS) is 13.5. The number of nitrogens with zero attached hydrogens (tertiary/aromatic N) is 7. The van der Waals surface area contributed by atoms with Gasteiger partial charge in [0.15, 0.2) is 0 Å². The van der Waals surface area contributed by atoms with Crippen molar-refractivity contribution in [2.75, 3.05) is 41.9 Å². The van der Waals surface area contributed by atoms with E-state index in [9.17, 15) is 25.3 Å². The van der Waals surface area contributed by atoms with Crippen molar-refractivity contribution in [3.8, 4) is 5.75 Å². The summed E-state index contributed by atoms with van der Waals surface area (Å²) >= 11 is 0. The van der Waals surface area contributed by atoms with Gasteiger partial charge in [0.05, 0.1) is 40.9 Å². The number of phenolic OH excluding ortho intramolecular Hbond substituents is 1. The van der Waals surface area contributed by atoms with Crippen LogP contribution in [-0.4, -0.2) is 62.4 Å². The van der Waals surface area contributed by atoms with Gasteiger partial charge in [-0.3, -0.25) is 20.2 Å². The van der Waals surface area contributed by atoms with E-state index in [4.69, 9.17) is 4.74 Å². The minimum Gasteiger partial charge on any atom is -0.502 e. The summed E-state index contributed by atoms with van der Waals surface area (Å²) < 4.78 is 5.38. The number of nitro groups is 2. The average Bonchev–Trinajstić information content (AvgIpc) is 2.89. The molecule has 0 aliphatic carbocycles. The summed E-state index contributed by atoms with van der Waals surface area (Å²) in [6.45, 7) is 2.65. The van der Waals surface area contributed by atoms with Gasteiger partial charge in [0.1, 0.15) is 0 Å². The monoisotopic (exact) mass is 495 g/mol. The van der Waals surface area contributed by atoms with Crippen LogP contribution < -0.4 is 15.6 Å². The third kappa shape index (κ3) is 5.95. The van der Waals surface area contributed by atoms with Crippen molar-refractivity contribution in [3.63, 3.8) is 0 Å². The molecule has 15 heteroatoms. The average molecular weight is 495 g/mol.